The second-order valence-corrected chi connectivity index (χ2v) is 7.66. The highest BCUT2D eigenvalue weighted by atomic mass is 32.2. The second kappa shape index (κ2) is 9.10. The number of allylic oxidation sites excluding steroid dienone is 2. The van der Waals surface area contributed by atoms with Gasteiger partial charge in [-0.1, -0.05) is 53.0 Å². The van der Waals surface area contributed by atoms with Crippen LogP contribution in [0.4, 0.5) is 0 Å². The lowest BCUT2D eigenvalue weighted by atomic mass is 9.75. The van der Waals surface area contributed by atoms with Gasteiger partial charge >= 0.3 is 0 Å². The standard InChI is InChI=1S/C18H34S/c1-6-8-10-17-16(14(3)4)12-11-15(5)18(17)19-13-9-7-2/h14-16H,6-13H2,1-5H3. The van der Waals surface area contributed by atoms with Crippen molar-refractivity contribution in [1.29, 1.82) is 0 Å². The molecule has 2 unspecified atom stereocenters. The number of hydrogen-bond donors (Lipinski definition) is 0. The van der Waals surface area contributed by atoms with E-state index in [1.165, 1.54) is 50.7 Å². The Kier molecular flexibility index (Phi) is 8.21. The first-order valence-electron chi connectivity index (χ1n) is 8.47. The normalized spacial score (nSPS) is 24.3. The van der Waals surface area contributed by atoms with E-state index in [9.17, 15) is 0 Å². The topological polar surface area (TPSA) is 0 Å². The molecule has 0 heterocycles. The Labute approximate surface area is 125 Å². The number of unbranched alkanes of at least 4 members (excludes halogenated alkanes) is 2. The maximum absolute atomic E-state index is 2.46. The molecule has 0 aromatic carbocycles. The van der Waals surface area contributed by atoms with Crippen molar-refractivity contribution >= 4 is 11.8 Å². The molecule has 0 radical (unpaired) electrons. The summed E-state index contributed by atoms with van der Waals surface area (Å²) in [5.41, 5.74) is 1.84. The van der Waals surface area contributed by atoms with E-state index >= 15 is 0 Å². The van der Waals surface area contributed by atoms with Gasteiger partial charge in [-0.15, -0.1) is 11.8 Å². The van der Waals surface area contributed by atoms with Gasteiger partial charge in [-0.05, 0) is 60.5 Å². The van der Waals surface area contributed by atoms with E-state index in [0.29, 0.717) is 0 Å². The fraction of sp³-hybridized carbons (Fsp3) is 0.889. The van der Waals surface area contributed by atoms with E-state index < -0.39 is 0 Å². The van der Waals surface area contributed by atoms with Crippen molar-refractivity contribution < 1.29 is 0 Å². The molecule has 2 atom stereocenters. The van der Waals surface area contributed by atoms with Crippen LogP contribution in [0, 0.1) is 17.8 Å². The van der Waals surface area contributed by atoms with E-state index in [0.717, 1.165) is 17.8 Å². The number of thioether (sulfide) groups is 1. The van der Waals surface area contributed by atoms with E-state index in [2.05, 4.69) is 46.4 Å². The molecule has 0 aliphatic heterocycles. The molecule has 0 fully saturated rings. The van der Waals surface area contributed by atoms with Crippen LogP contribution in [0.15, 0.2) is 10.5 Å². The Bertz CT molecular complexity index is 277. The summed E-state index contributed by atoms with van der Waals surface area (Å²) in [5.74, 6) is 3.84. The lowest BCUT2D eigenvalue weighted by Crippen LogP contribution is -2.21. The maximum atomic E-state index is 2.46. The zero-order valence-electron chi connectivity index (χ0n) is 13.8. The molecule has 0 spiro atoms. The quantitative estimate of drug-likeness (QED) is 0.448. The molecule has 0 aromatic heterocycles. The molecule has 0 N–H and O–H groups in total. The lowest BCUT2D eigenvalue weighted by Gasteiger charge is -2.35. The molecule has 0 saturated carbocycles. The van der Waals surface area contributed by atoms with Gasteiger partial charge in [0.05, 0.1) is 0 Å². The number of rotatable bonds is 8. The molecule has 19 heavy (non-hydrogen) atoms. The van der Waals surface area contributed by atoms with E-state index in [-0.39, 0.29) is 0 Å². The van der Waals surface area contributed by atoms with Crippen LogP contribution in [-0.4, -0.2) is 5.75 Å². The monoisotopic (exact) mass is 282 g/mol. The van der Waals surface area contributed by atoms with Gasteiger partial charge < -0.3 is 0 Å². The maximum Gasteiger partial charge on any atom is -0.00232 e. The zero-order chi connectivity index (χ0) is 14.3. The minimum absolute atomic E-state index is 0.820. The van der Waals surface area contributed by atoms with Crippen molar-refractivity contribution in [2.45, 2.75) is 79.6 Å². The van der Waals surface area contributed by atoms with E-state index in [4.69, 9.17) is 0 Å². The summed E-state index contributed by atoms with van der Waals surface area (Å²) < 4.78 is 0. The van der Waals surface area contributed by atoms with Crippen molar-refractivity contribution in [3.63, 3.8) is 0 Å². The number of hydrogen-bond acceptors (Lipinski definition) is 1. The Morgan fingerprint density at radius 2 is 1.79 bits per heavy atom. The largest absolute Gasteiger partial charge is 0.130 e. The van der Waals surface area contributed by atoms with Gasteiger partial charge in [-0.25, -0.2) is 0 Å². The average molecular weight is 283 g/mol. The molecule has 112 valence electrons. The highest BCUT2D eigenvalue weighted by Crippen LogP contribution is 2.44. The Balaban J connectivity index is 2.86. The third kappa shape index (κ3) is 5.17. The Morgan fingerprint density at radius 1 is 1.11 bits per heavy atom. The molecular formula is C18H34S. The molecule has 1 aliphatic carbocycles. The van der Waals surface area contributed by atoms with Gasteiger partial charge in [-0.2, -0.15) is 0 Å². The summed E-state index contributed by atoms with van der Waals surface area (Å²) in [7, 11) is 0. The molecular weight excluding hydrogens is 248 g/mol. The van der Waals surface area contributed by atoms with Gasteiger partial charge in [0, 0.05) is 0 Å². The van der Waals surface area contributed by atoms with Crippen LogP contribution in [0.5, 0.6) is 0 Å². The fourth-order valence-electron chi connectivity index (χ4n) is 3.21. The Morgan fingerprint density at radius 3 is 2.37 bits per heavy atom. The summed E-state index contributed by atoms with van der Waals surface area (Å²) in [6.45, 7) is 11.9. The van der Waals surface area contributed by atoms with Gasteiger partial charge in [0.2, 0.25) is 0 Å². The third-order valence-electron chi connectivity index (χ3n) is 4.48. The lowest BCUT2D eigenvalue weighted by molar-refractivity contribution is 0.348. The molecule has 0 saturated heterocycles. The van der Waals surface area contributed by atoms with Crippen LogP contribution in [0.25, 0.3) is 0 Å². The van der Waals surface area contributed by atoms with Crippen LogP contribution in [0.2, 0.25) is 0 Å². The van der Waals surface area contributed by atoms with Crippen molar-refractivity contribution in [2.24, 2.45) is 17.8 Å². The van der Waals surface area contributed by atoms with Crippen molar-refractivity contribution in [3.05, 3.63) is 10.5 Å². The second-order valence-electron chi connectivity index (χ2n) is 6.52. The minimum Gasteiger partial charge on any atom is -0.130 e. The molecule has 0 nitrogen and oxygen atoms in total. The van der Waals surface area contributed by atoms with Crippen molar-refractivity contribution in [1.82, 2.24) is 0 Å². The van der Waals surface area contributed by atoms with E-state index in [1.807, 2.05) is 5.57 Å². The molecule has 0 bridgehead atoms. The Hall–Kier alpha value is 0.0900. The summed E-state index contributed by atoms with van der Waals surface area (Å²) >= 11 is 2.19. The minimum atomic E-state index is 0.820. The van der Waals surface area contributed by atoms with E-state index in [1.54, 1.807) is 4.91 Å². The fourth-order valence-corrected chi connectivity index (χ4v) is 4.70. The molecule has 1 aliphatic rings. The van der Waals surface area contributed by atoms with Crippen molar-refractivity contribution in [3.8, 4) is 0 Å². The van der Waals surface area contributed by atoms with Crippen LogP contribution in [-0.2, 0) is 0 Å². The van der Waals surface area contributed by atoms with Gasteiger partial charge in [0.1, 0.15) is 0 Å². The summed E-state index contributed by atoms with van der Waals surface area (Å²) in [5, 5.41) is 0. The van der Waals surface area contributed by atoms with Crippen LogP contribution >= 0.6 is 11.8 Å². The smallest absolute Gasteiger partial charge is 0.00232 e. The van der Waals surface area contributed by atoms with Crippen LogP contribution in [0.3, 0.4) is 0 Å². The third-order valence-corrected chi connectivity index (χ3v) is 5.95. The predicted molar refractivity (Wildman–Crippen MR) is 90.6 cm³/mol. The highest BCUT2D eigenvalue weighted by molar-refractivity contribution is 8.03. The van der Waals surface area contributed by atoms with Gasteiger partial charge in [0.15, 0.2) is 0 Å². The zero-order valence-corrected chi connectivity index (χ0v) is 14.6. The first-order chi connectivity index (χ1) is 9.11. The van der Waals surface area contributed by atoms with Gasteiger partial charge in [0.25, 0.3) is 0 Å². The first-order valence-corrected chi connectivity index (χ1v) is 9.46. The van der Waals surface area contributed by atoms with Gasteiger partial charge in [-0.3, -0.25) is 0 Å². The van der Waals surface area contributed by atoms with Crippen LogP contribution in [0.1, 0.15) is 79.6 Å². The molecule has 0 amide bonds. The SMILES string of the molecule is CCCCSC1=C(CCCC)C(C(C)C)CCC1C. The highest BCUT2D eigenvalue weighted by Gasteiger charge is 2.28. The molecule has 1 rings (SSSR count). The van der Waals surface area contributed by atoms with Crippen molar-refractivity contribution in [2.75, 3.05) is 5.75 Å². The van der Waals surface area contributed by atoms with Crippen LogP contribution < -0.4 is 0 Å². The molecule has 1 heteroatoms. The first kappa shape index (κ1) is 17.1. The summed E-state index contributed by atoms with van der Waals surface area (Å²) in [6, 6.07) is 0. The summed E-state index contributed by atoms with van der Waals surface area (Å²) in [4.78, 5) is 1.78. The predicted octanol–water partition coefficient (Wildman–Crippen LogP) is 6.67. The average Bonchev–Trinajstić information content (AvgIpc) is 2.38. The molecule has 0 aromatic rings. The summed E-state index contributed by atoms with van der Waals surface area (Å²) in [6.07, 6.45) is 9.60.